The number of carbonyl (C=O) groups is 1. The van der Waals surface area contributed by atoms with Gasteiger partial charge in [0.05, 0.1) is 12.6 Å². The summed E-state index contributed by atoms with van der Waals surface area (Å²) in [5.41, 5.74) is 1.49. The molecule has 5 rings (SSSR count). The highest BCUT2D eigenvalue weighted by molar-refractivity contribution is 5.78. The highest BCUT2D eigenvalue weighted by atomic mass is 19.1. The van der Waals surface area contributed by atoms with Crippen LogP contribution in [-0.2, 0) is 16.1 Å². The van der Waals surface area contributed by atoms with Gasteiger partial charge in [-0.3, -0.25) is 9.63 Å². The van der Waals surface area contributed by atoms with Gasteiger partial charge >= 0.3 is 0 Å². The van der Waals surface area contributed by atoms with Crippen molar-refractivity contribution in [2.24, 2.45) is 11.8 Å². The number of carbonyl (C=O) groups excluding carboxylic acids is 1. The van der Waals surface area contributed by atoms with Crippen LogP contribution in [-0.4, -0.2) is 32.2 Å². The zero-order valence-electron chi connectivity index (χ0n) is 18.3. The second-order valence-electron chi connectivity index (χ2n) is 9.05. The summed E-state index contributed by atoms with van der Waals surface area (Å²) in [7, 11) is 0. The minimum Gasteiger partial charge on any atom is -0.272 e. The molecule has 9 heteroatoms. The summed E-state index contributed by atoms with van der Waals surface area (Å²) in [5.74, 6) is -1.19. The van der Waals surface area contributed by atoms with E-state index < -0.39 is 17.7 Å². The number of benzene rings is 1. The van der Waals surface area contributed by atoms with Crippen LogP contribution in [0.1, 0.15) is 55.1 Å². The largest absolute Gasteiger partial charge is 0.272 e. The lowest BCUT2D eigenvalue weighted by atomic mass is 9.79. The number of fused-ring (bicyclic) bond motifs is 1. The Balaban J connectivity index is 1.22. The lowest BCUT2D eigenvalue weighted by Gasteiger charge is -2.32. The number of halogens is 3. The maximum Gasteiger partial charge on any atom is 0.249 e. The number of amides is 1. The Hall–Kier alpha value is -2.94. The van der Waals surface area contributed by atoms with Gasteiger partial charge in [-0.1, -0.05) is 0 Å². The third kappa shape index (κ3) is 4.46. The average molecular weight is 458 g/mol. The number of aromatic nitrogens is 3. The van der Waals surface area contributed by atoms with E-state index in [0.29, 0.717) is 49.6 Å². The maximum absolute atomic E-state index is 14.3. The van der Waals surface area contributed by atoms with Crippen LogP contribution in [0.15, 0.2) is 30.5 Å². The van der Waals surface area contributed by atoms with Gasteiger partial charge in [0.15, 0.2) is 11.5 Å². The Morgan fingerprint density at radius 3 is 2.52 bits per heavy atom. The Kier molecular flexibility index (Phi) is 5.82. The van der Waals surface area contributed by atoms with E-state index in [1.165, 1.54) is 27.8 Å². The van der Waals surface area contributed by atoms with Crippen LogP contribution >= 0.6 is 0 Å². The molecule has 174 valence electrons. The molecule has 1 atom stereocenters. The number of rotatable bonds is 4. The van der Waals surface area contributed by atoms with E-state index in [9.17, 15) is 18.0 Å². The predicted molar refractivity (Wildman–Crippen MR) is 113 cm³/mol. The first-order valence-corrected chi connectivity index (χ1v) is 11.3. The van der Waals surface area contributed by atoms with Gasteiger partial charge in [-0.15, -0.1) is 0 Å². The van der Waals surface area contributed by atoms with Crippen LogP contribution in [0.3, 0.4) is 0 Å². The van der Waals surface area contributed by atoms with E-state index in [1.807, 2.05) is 6.20 Å². The van der Waals surface area contributed by atoms with Crippen LogP contribution in [0, 0.1) is 36.2 Å². The molecule has 33 heavy (non-hydrogen) atoms. The molecule has 3 heterocycles. The maximum atomic E-state index is 14.3. The number of hydroxylamine groups is 2. The average Bonchev–Trinajstić information content (AvgIpc) is 3.40. The van der Waals surface area contributed by atoms with Crippen LogP contribution in [0.2, 0.25) is 0 Å². The summed E-state index contributed by atoms with van der Waals surface area (Å²) in [6.45, 7) is 2.06. The molecule has 2 fully saturated rings. The molecule has 0 bridgehead atoms. The Labute approximate surface area is 189 Å². The van der Waals surface area contributed by atoms with Crippen molar-refractivity contribution in [3.63, 3.8) is 0 Å². The Morgan fingerprint density at radius 2 is 1.79 bits per heavy atom. The van der Waals surface area contributed by atoms with E-state index >= 15 is 0 Å². The van der Waals surface area contributed by atoms with Gasteiger partial charge < -0.3 is 0 Å². The summed E-state index contributed by atoms with van der Waals surface area (Å²) < 4.78 is 43.2. The number of hydrogen-bond donors (Lipinski definition) is 0. The van der Waals surface area contributed by atoms with Gasteiger partial charge in [0, 0.05) is 24.6 Å². The first kappa shape index (κ1) is 21.9. The zero-order valence-corrected chi connectivity index (χ0v) is 18.3. The van der Waals surface area contributed by atoms with Crippen molar-refractivity contribution in [1.82, 2.24) is 19.7 Å². The van der Waals surface area contributed by atoms with Crippen molar-refractivity contribution in [3.05, 3.63) is 64.9 Å². The third-order valence-electron chi connectivity index (χ3n) is 6.66. The summed E-state index contributed by atoms with van der Waals surface area (Å²) in [5, 5.41) is 5.52. The van der Waals surface area contributed by atoms with E-state index in [1.54, 1.807) is 6.92 Å². The standard InChI is InChI=1S/C24H25F3N4O2/c1-14-28-23-21(27)9-16(13-30(23)29-14)8-15-2-4-17(5-3-15)24(32)31-22(6-7-33-31)18-10-19(25)12-20(26)11-18/h9-13,15,17,22H,2-8H2,1H3/t15?,17?,22-/m0/s1. The van der Waals surface area contributed by atoms with Gasteiger partial charge in [-0.05, 0) is 74.3 Å². The molecule has 3 aromatic rings. The number of pyridine rings is 1. The first-order chi connectivity index (χ1) is 15.9. The molecule has 1 aliphatic carbocycles. The summed E-state index contributed by atoms with van der Waals surface area (Å²) >= 11 is 0. The molecule has 0 radical (unpaired) electrons. The second-order valence-corrected chi connectivity index (χ2v) is 9.05. The van der Waals surface area contributed by atoms with Crippen molar-refractivity contribution in [2.45, 2.75) is 51.5 Å². The lowest BCUT2D eigenvalue weighted by Crippen LogP contribution is -2.36. The fourth-order valence-corrected chi connectivity index (χ4v) is 5.10. The van der Waals surface area contributed by atoms with Gasteiger partial charge in [-0.25, -0.2) is 27.7 Å². The van der Waals surface area contributed by atoms with Crippen LogP contribution in [0.25, 0.3) is 5.65 Å². The van der Waals surface area contributed by atoms with Crippen molar-refractivity contribution in [2.75, 3.05) is 6.61 Å². The molecule has 0 unspecified atom stereocenters. The summed E-state index contributed by atoms with van der Waals surface area (Å²) in [6.07, 6.45) is 6.08. The second kappa shape index (κ2) is 8.78. The molecule has 1 saturated heterocycles. The zero-order chi connectivity index (χ0) is 23.1. The minimum absolute atomic E-state index is 0.133. The fourth-order valence-electron chi connectivity index (χ4n) is 5.10. The van der Waals surface area contributed by atoms with E-state index in [2.05, 4.69) is 10.1 Å². The van der Waals surface area contributed by atoms with Crippen LogP contribution in [0.4, 0.5) is 13.2 Å². The van der Waals surface area contributed by atoms with Gasteiger partial charge in [0.2, 0.25) is 5.91 Å². The van der Waals surface area contributed by atoms with Crippen molar-refractivity contribution in [1.29, 1.82) is 0 Å². The number of hydrogen-bond acceptors (Lipinski definition) is 4. The van der Waals surface area contributed by atoms with E-state index in [0.717, 1.165) is 24.5 Å². The SMILES string of the molecule is Cc1nc2c(F)cc(CC3CCC(C(=O)N4OCC[C@H]4c4cc(F)cc(F)c4)CC3)cn2n1. The molecule has 1 aliphatic heterocycles. The summed E-state index contributed by atoms with van der Waals surface area (Å²) in [6, 6.07) is 4.36. The van der Waals surface area contributed by atoms with Crippen molar-refractivity contribution in [3.8, 4) is 0 Å². The van der Waals surface area contributed by atoms with E-state index in [4.69, 9.17) is 4.84 Å². The van der Waals surface area contributed by atoms with Gasteiger partial charge in [-0.2, -0.15) is 5.10 Å². The van der Waals surface area contributed by atoms with Crippen molar-refractivity contribution < 1.29 is 22.8 Å². The highest BCUT2D eigenvalue weighted by Crippen LogP contribution is 2.37. The van der Waals surface area contributed by atoms with Crippen LogP contribution < -0.4 is 0 Å². The lowest BCUT2D eigenvalue weighted by molar-refractivity contribution is -0.183. The Morgan fingerprint density at radius 1 is 1.06 bits per heavy atom. The minimum atomic E-state index is -0.666. The highest BCUT2D eigenvalue weighted by Gasteiger charge is 2.37. The predicted octanol–water partition coefficient (Wildman–Crippen LogP) is 4.71. The quantitative estimate of drug-likeness (QED) is 0.568. The summed E-state index contributed by atoms with van der Waals surface area (Å²) in [4.78, 5) is 22.8. The van der Waals surface area contributed by atoms with Gasteiger partial charge in [0.25, 0.3) is 0 Å². The molecular weight excluding hydrogens is 433 g/mol. The van der Waals surface area contributed by atoms with Crippen LogP contribution in [0.5, 0.6) is 0 Å². The van der Waals surface area contributed by atoms with E-state index in [-0.39, 0.29) is 23.3 Å². The molecule has 0 spiro atoms. The first-order valence-electron chi connectivity index (χ1n) is 11.3. The van der Waals surface area contributed by atoms with Gasteiger partial charge in [0.1, 0.15) is 17.5 Å². The number of aryl methyl sites for hydroxylation is 1. The fraction of sp³-hybridized carbons (Fsp3) is 0.458. The third-order valence-corrected chi connectivity index (χ3v) is 6.66. The molecule has 2 aromatic heterocycles. The smallest absolute Gasteiger partial charge is 0.249 e. The van der Waals surface area contributed by atoms with Crippen molar-refractivity contribution >= 4 is 11.6 Å². The molecule has 1 saturated carbocycles. The monoisotopic (exact) mass is 458 g/mol. The molecular formula is C24H25F3N4O2. The number of nitrogens with zero attached hydrogens (tertiary/aromatic N) is 4. The normalized spacial score (nSPS) is 23.4. The Bertz CT molecular complexity index is 1170. The molecule has 2 aliphatic rings. The topological polar surface area (TPSA) is 59.7 Å². The molecule has 1 amide bonds. The molecule has 6 nitrogen and oxygen atoms in total. The molecule has 0 N–H and O–H groups in total. The molecule has 1 aromatic carbocycles.